The van der Waals surface area contributed by atoms with Crippen molar-refractivity contribution in [2.24, 2.45) is 4.99 Å². The second-order valence-electron chi connectivity index (χ2n) is 11.5. The summed E-state index contributed by atoms with van der Waals surface area (Å²) in [6.45, 7) is 14.7. The monoisotopic (exact) mass is 569 g/mol. The number of allylic oxidation sites excluding steroid dienone is 1. The highest BCUT2D eigenvalue weighted by Gasteiger charge is 2.27. The fourth-order valence-electron chi connectivity index (χ4n) is 4.25. The molecule has 0 atom stereocenters. The predicted octanol–water partition coefficient (Wildman–Crippen LogP) is 5.20. The second-order valence-corrected chi connectivity index (χ2v) is 11.5. The number of ether oxygens (including phenoxy) is 2. The average Bonchev–Trinajstić information content (AvgIpc) is 3.44. The summed E-state index contributed by atoms with van der Waals surface area (Å²) in [5, 5.41) is 2.96. The van der Waals surface area contributed by atoms with Gasteiger partial charge in [-0.05, 0) is 84.8 Å². The summed E-state index contributed by atoms with van der Waals surface area (Å²) in [5.41, 5.74) is 1.04. The lowest BCUT2D eigenvalue weighted by Gasteiger charge is -2.36. The Hall–Kier alpha value is -3.33. The zero-order valence-corrected chi connectivity index (χ0v) is 26.2. The van der Waals surface area contributed by atoms with Crippen LogP contribution in [0, 0.1) is 0 Å². The maximum Gasteiger partial charge on any atom is 0.410 e. The highest BCUT2D eigenvalue weighted by Crippen LogP contribution is 2.14. The molecule has 0 saturated carbocycles. The van der Waals surface area contributed by atoms with Crippen molar-refractivity contribution in [2.75, 3.05) is 53.4 Å². The van der Waals surface area contributed by atoms with Gasteiger partial charge >= 0.3 is 6.09 Å². The Balaban J connectivity index is 0.000000864. The number of likely N-dealkylation sites (tertiary alicyclic amines) is 1. The van der Waals surface area contributed by atoms with Crippen LogP contribution in [-0.2, 0) is 20.8 Å². The molecule has 2 saturated heterocycles. The van der Waals surface area contributed by atoms with E-state index in [1.807, 2.05) is 57.2 Å². The summed E-state index contributed by atoms with van der Waals surface area (Å²) >= 11 is 0. The number of nitrogens with one attached hydrogen (secondary N) is 1. The number of piperazine rings is 1. The van der Waals surface area contributed by atoms with Gasteiger partial charge in [-0.3, -0.25) is 4.79 Å². The van der Waals surface area contributed by atoms with Crippen molar-refractivity contribution in [1.82, 2.24) is 20.0 Å². The van der Waals surface area contributed by atoms with E-state index in [0.717, 1.165) is 18.4 Å². The van der Waals surface area contributed by atoms with Crippen LogP contribution in [-0.4, -0.2) is 91.6 Å². The normalized spacial score (nSPS) is 17.1. The number of aliphatic imine (C=N–C) groups is 1. The van der Waals surface area contributed by atoms with Crippen LogP contribution >= 0.6 is 0 Å². The van der Waals surface area contributed by atoms with Crippen LogP contribution in [0.3, 0.4) is 0 Å². The molecule has 41 heavy (non-hydrogen) atoms. The summed E-state index contributed by atoms with van der Waals surface area (Å²) in [6, 6.07) is 9.78. The smallest absolute Gasteiger partial charge is 0.410 e. The number of nitrogens with zero attached hydrogens (tertiary/aromatic N) is 4. The number of methoxy groups -OCH3 is 1. The Morgan fingerprint density at radius 3 is 2.12 bits per heavy atom. The number of rotatable bonds is 8. The van der Waals surface area contributed by atoms with Crippen molar-refractivity contribution in [3.8, 4) is 0 Å². The molecule has 3 rings (SSSR count). The van der Waals surface area contributed by atoms with Crippen molar-refractivity contribution in [2.45, 2.75) is 72.4 Å². The molecule has 0 bridgehead atoms. The third-order valence-electron chi connectivity index (χ3n) is 6.63. The molecule has 9 heteroatoms. The van der Waals surface area contributed by atoms with E-state index in [1.165, 1.54) is 25.9 Å². The Morgan fingerprint density at radius 2 is 1.61 bits per heavy atom. The van der Waals surface area contributed by atoms with E-state index in [0.29, 0.717) is 50.0 Å². The van der Waals surface area contributed by atoms with E-state index in [-0.39, 0.29) is 12.0 Å². The summed E-state index contributed by atoms with van der Waals surface area (Å²) in [6.07, 6.45) is 8.05. The van der Waals surface area contributed by atoms with Crippen molar-refractivity contribution in [3.63, 3.8) is 0 Å². The van der Waals surface area contributed by atoms with Crippen LogP contribution in [0.5, 0.6) is 0 Å². The molecule has 0 aromatic heterocycles. The quantitative estimate of drug-likeness (QED) is 0.200. The van der Waals surface area contributed by atoms with Crippen molar-refractivity contribution < 1.29 is 19.1 Å². The van der Waals surface area contributed by atoms with Crippen LogP contribution in [0.25, 0.3) is 0 Å². The largest absolute Gasteiger partial charge is 0.481 e. The Bertz CT molecular complexity index is 1030. The van der Waals surface area contributed by atoms with E-state index in [9.17, 15) is 9.59 Å². The number of carbonyl (C=O) groups is 2. The maximum absolute atomic E-state index is 12.8. The molecule has 228 valence electrons. The number of unbranched alkanes of at least 4 members (excludes halogenated alkanes) is 1. The van der Waals surface area contributed by atoms with E-state index in [2.05, 4.69) is 29.1 Å². The lowest BCUT2D eigenvalue weighted by molar-refractivity contribution is -0.117. The number of benzene rings is 1. The first-order valence-electron chi connectivity index (χ1n) is 14.8. The molecule has 1 aromatic carbocycles. The molecule has 0 radical (unpaired) electrons. The molecule has 2 aliphatic rings. The molecule has 2 amide bonds. The first-order chi connectivity index (χ1) is 19.5. The van der Waals surface area contributed by atoms with Crippen molar-refractivity contribution in [3.05, 3.63) is 59.5 Å². The summed E-state index contributed by atoms with van der Waals surface area (Å²) in [4.78, 5) is 36.1. The Kier molecular flexibility index (Phi) is 14.4. The van der Waals surface area contributed by atoms with E-state index < -0.39 is 5.60 Å². The summed E-state index contributed by atoms with van der Waals surface area (Å²) in [5.74, 6) is 0.973. The molecule has 2 aliphatic heterocycles. The topological polar surface area (TPSA) is 86.7 Å². The third kappa shape index (κ3) is 13.3. The van der Waals surface area contributed by atoms with Gasteiger partial charge in [0.1, 0.15) is 11.4 Å². The molecule has 0 aliphatic carbocycles. The molecule has 1 aromatic rings. The molecular weight excluding hydrogens is 518 g/mol. The zero-order valence-electron chi connectivity index (χ0n) is 26.2. The first-order valence-corrected chi connectivity index (χ1v) is 14.8. The molecule has 2 fully saturated rings. The predicted molar refractivity (Wildman–Crippen MR) is 166 cm³/mol. The van der Waals surface area contributed by atoms with E-state index in [4.69, 9.17) is 14.5 Å². The lowest BCUT2D eigenvalue weighted by atomic mass is 10.2. The number of amidine groups is 1. The van der Waals surface area contributed by atoms with Crippen molar-refractivity contribution in [1.29, 1.82) is 0 Å². The molecular formula is C32H51N5O4. The summed E-state index contributed by atoms with van der Waals surface area (Å²) < 4.78 is 11.0. The number of hydrogen-bond acceptors (Lipinski definition) is 6. The molecule has 2 heterocycles. The second kappa shape index (κ2) is 17.5. The van der Waals surface area contributed by atoms with Crippen LogP contribution < -0.4 is 5.32 Å². The van der Waals surface area contributed by atoms with Gasteiger partial charge in [-0.15, -0.1) is 0 Å². The zero-order chi connectivity index (χ0) is 30.3. The standard InChI is InChI=1S/C27H40N4O4.C5H11N/c1-7-8-14-24(34-6)29-23(19-21(2)25(32)28-20-22-12-10-9-11-13-22)30-15-17-31(18-16-30)26(33)35-27(3,4)5;1-6-4-2-3-5-6/h9-14,19H,7-8,15-18,20H2,1-6H3,(H,28,32);2-5H2,1H3/b21-19+,24-14-,29-23+;. The van der Waals surface area contributed by atoms with E-state index >= 15 is 0 Å². The lowest BCUT2D eigenvalue weighted by Crippen LogP contribution is -2.51. The Labute approximate surface area is 247 Å². The van der Waals surface area contributed by atoms with Gasteiger partial charge in [0.15, 0.2) is 0 Å². The highest BCUT2D eigenvalue weighted by molar-refractivity contribution is 6.03. The van der Waals surface area contributed by atoms with Gasteiger partial charge in [0.05, 0.1) is 7.11 Å². The fourth-order valence-corrected chi connectivity index (χ4v) is 4.25. The van der Waals surface area contributed by atoms with Gasteiger partial charge in [-0.1, -0.05) is 43.7 Å². The molecule has 0 unspecified atom stereocenters. The van der Waals surface area contributed by atoms with Crippen LogP contribution in [0.2, 0.25) is 0 Å². The van der Waals surface area contributed by atoms with Gasteiger partial charge in [-0.25, -0.2) is 4.79 Å². The molecule has 0 spiro atoms. The van der Waals surface area contributed by atoms with Crippen LogP contribution in [0.1, 0.15) is 65.9 Å². The molecule has 9 nitrogen and oxygen atoms in total. The van der Waals surface area contributed by atoms with Gasteiger partial charge in [0.25, 0.3) is 0 Å². The maximum atomic E-state index is 12.8. The SMILES string of the molecule is CCC/C=C(/N=C(\C=C(/C)C(=O)NCc1ccccc1)N1CCN(C(=O)OC(C)(C)C)CC1)OC.CN1CCCC1. The number of amides is 2. The first kappa shape index (κ1) is 33.9. The minimum Gasteiger partial charge on any atom is -0.481 e. The molecule has 1 N–H and O–H groups in total. The highest BCUT2D eigenvalue weighted by atomic mass is 16.6. The summed E-state index contributed by atoms with van der Waals surface area (Å²) in [7, 11) is 3.76. The fraction of sp³-hybridized carbons (Fsp3) is 0.594. The van der Waals surface area contributed by atoms with Crippen LogP contribution in [0.4, 0.5) is 4.79 Å². The van der Waals surface area contributed by atoms with E-state index in [1.54, 1.807) is 25.0 Å². The average molecular weight is 570 g/mol. The van der Waals surface area contributed by atoms with Gasteiger partial charge in [-0.2, -0.15) is 4.99 Å². The van der Waals surface area contributed by atoms with Gasteiger partial charge in [0, 0.05) is 38.3 Å². The minimum absolute atomic E-state index is 0.162. The third-order valence-corrected chi connectivity index (χ3v) is 6.63. The van der Waals surface area contributed by atoms with Crippen molar-refractivity contribution >= 4 is 17.8 Å². The Morgan fingerprint density at radius 1 is 1.00 bits per heavy atom. The van der Waals surface area contributed by atoms with Gasteiger partial charge < -0.3 is 29.5 Å². The van der Waals surface area contributed by atoms with Crippen LogP contribution in [0.15, 0.2) is 58.9 Å². The number of hydrogen-bond donors (Lipinski definition) is 1. The minimum atomic E-state index is -0.536. The number of carbonyl (C=O) groups excluding carboxylic acids is 2. The van der Waals surface area contributed by atoms with Gasteiger partial charge in [0.2, 0.25) is 11.8 Å².